The first-order chi connectivity index (χ1) is 9.29. The van der Waals surface area contributed by atoms with Crippen molar-refractivity contribution in [2.24, 2.45) is 5.73 Å². The van der Waals surface area contributed by atoms with Gasteiger partial charge in [-0.25, -0.2) is 0 Å². The van der Waals surface area contributed by atoms with E-state index in [4.69, 9.17) is 5.73 Å². The van der Waals surface area contributed by atoms with Gasteiger partial charge in [-0.05, 0) is 17.2 Å². The molecule has 0 aliphatic heterocycles. The van der Waals surface area contributed by atoms with E-state index in [1.54, 1.807) is 17.3 Å². The molecule has 4 nitrogen and oxygen atoms in total. The Balaban J connectivity index is 2.10. The summed E-state index contributed by atoms with van der Waals surface area (Å²) < 4.78 is 0. The quantitative estimate of drug-likeness (QED) is 0.882. The second-order valence-corrected chi connectivity index (χ2v) is 4.30. The second kappa shape index (κ2) is 6.66. The molecule has 0 atom stereocenters. The van der Waals surface area contributed by atoms with Gasteiger partial charge in [0.25, 0.3) is 0 Å². The van der Waals surface area contributed by atoms with Crippen molar-refractivity contribution in [3.8, 4) is 0 Å². The highest BCUT2D eigenvalue weighted by atomic mass is 16.2. The van der Waals surface area contributed by atoms with Gasteiger partial charge in [-0.2, -0.15) is 0 Å². The summed E-state index contributed by atoms with van der Waals surface area (Å²) in [6, 6.07) is 13.7. The minimum Gasteiger partial charge on any atom is -0.333 e. The van der Waals surface area contributed by atoms with Crippen LogP contribution in [0.4, 0.5) is 0 Å². The number of pyridine rings is 1. The van der Waals surface area contributed by atoms with Gasteiger partial charge in [-0.1, -0.05) is 36.4 Å². The van der Waals surface area contributed by atoms with Gasteiger partial charge in [0, 0.05) is 25.5 Å². The molecule has 19 heavy (non-hydrogen) atoms. The smallest absolute Gasteiger partial charge is 0.236 e. The maximum absolute atomic E-state index is 11.9. The summed E-state index contributed by atoms with van der Waals surface area (Å²) in [5, 5.41) is 0. The summed E-state index contributed by atoms with van der Waals surface area (Å²) >= 11 is 0. The molecule has 0 fully saturated rings. The van der Waals surface area contributed by atoms with Crippen molar-refractivity contribution in [3.05, 3.63) is 66.0 Å². The van der Waals surface area contributed by atoms with Crippen LogP contribution < -0.4 is 5.73 Å². The fourth-order valence-electron chi connectivity index (χ4n) is 1.88. The summed E-state index contributed by atoms with van der Waals surface area (Å²) in [5.41, 5.74) is 7.56. The number of rotatable bonds is 5. The monoisotopic (exact) mass is 255 g/mol. The molecular formula is C15H17N3O. The molecule has 0 aliphatic rings. The van der Waals surface area contributed by atoms with E-state index in [0.717, 1.165) is 11.1 Å². The Morgan fingerprint density at radius 2 is 1.74 bits per heavy atom. The molecule has 1 amide bonds. The number of benzene rings is 1. The molecule has 2 rings (SSSR count). The molecule has 2 aromatic rings. The predicted molar refractivity (Wildman–Crippen MR) is 74.0 cm³/mol. The molecule has 0 saturated carbocycles. The number of amides is 1. The van der Waals surface area contributed by atoms with Gasteiger partial charge in [-0.15, -0.1) is 0 Å². The highest BCUT2D eigenvalue weighted by Crippen LogP contribution is 2.09. The van der Waals surface area contributed by atoms with E-state index in [-0.39, 0.29) is 12.5 Å². The number of aromatic nitrogens is 1. The average Bonchev–Trinajstić information content (AvgIpc) is 2.48. The lowest BCUT2D eigenvalue weighted by Crippen LogP contribution is -2.35. The number of carbonyl (C=O) groups is 1. The Bertz CT molecular complexity index is 472. The minimum atomic E-state index is -0.0623. The zero-order valence-corrected chi connectivity index (χ0v) is 10.7. The summed E-state index contributed by atoms with van der Waals surface area (Å²) in [7, 11) is 0. The van der Waals surface area contributed by atoms with Crippen LogP contribution in [0.2, 0.25) is 0 Å². The summed E-state index contributed by atoms with van der Waals surface area (Å²) in [6.45, 7) is 1.11. The van der Waals surface area contributed by atoms with Crippen molar-refractivity contribution in [2.45, 2.75) is 13.1 Å². The Hall–Kier alpha value is -2.20. The van der Waals surface area contributed by atoms with E-state index in [0.29, 0.717) is 13.1 Å². The van der Waals surface area contributed by atoms with E-state index in [1.807, 2.05) is 42.5 Å². The summed E-state index contributed by atoms with van der Waals surface area (Å²) in [5.74, 6) is -0.0623. The fraction of sp³-hybridized carbons (Fsp3) is 0.200. The number of hydrogen-bond acceptors (Lipinski definition) is 3. The molecule has 0 radical (unpaired) electrons. The van der Waals surface area contributed by atoms with Gasteiger partial charge >= 0.3 is 0 Å². The maximum Gasteiger partial charge on any atom is 0.236 e. The van der Waals surface area contributed by atoms with E-state index >= 15 is 0 Å². The van der Waals surface area contributed by atoms with Gasteiger partial charge in [-0.3, -0.25) is 9.78 Å². The van der Waals surface area contributed by atoms with E-state index < -0.39 is 0 Å². The molecule has 0 bridgehead atoms. The molecule has 0 unspecified atom stereocenters. The SMILES string of the molecule is NCC(=O)N(Cc1ccccc1)Cc1cccnc1. The van der Waals surface area contributed by atoms with Crippen molar-refractivity contribution in [3.63, 3.8) is 0 Å². The van der Waals surface area contributed by atoms with Gasteiger partial charge < -0.3 is 10.6 Å². The number of nitrogens with two attached hydrogens (primary N) is 1. The fourth-order valence-corrected chi connectivity index (χ4v) is 1.88. The third-order valence-electron chi connectivity index (χ3n) is 2.84. The lowest BCUT2D eigenvalue weighted by atomic mass is 10.2. The van der Waals surface area contributed by atoms with Crippen molar-refractivity contribution in [1.29, 1.82) is 0 Å². The molecule has 0 spiro atoms. The highest BCUT2D eigenvalue weighted by molar-refractivity contribution is 5.78. The molecule has 0 aliphatic carbocycles. The standard InChI is InChI=1S/C15H17N3O/c16-9-15(19)18(11-13-5-2-1-3-6-13)12-14-7-4-8-17-10-14/h1-8,10H,9,11-12,16H2. The van der Waals surface area contributed by atoms with Crippen LogP contribution >= 0.6 is 0 Å². The highest BCUT2D eigenvalue weighted by Gasteiger charge is 2.12. The van der Waals surface area contributed by atoms with Gasteiger partial charge in [0.2, 0.25) is 5.91 Å². The van der Waals surface area contributed by atoms with Crippen molar-refractivity contribution < 1.29 is 4.79 Å². The lowest BCUT2D eigenvalue weighted by Gasteiger charge is -2.22. The molecule has 1 aromatic carbocycles. The van der Waals surface area contributed by atoms with Crippen LogP contribution in [-0.2, 0) is 17.9 Å². The number of hydrogen-bond donors (Lipinski definition) is 1. The molecule has 98 valence electrons. The van der Waals surface area contributed by atoms with Crippen LogP contribution in [0.5, 0.6) is 0 Å². The topological polar surface area (TPSA) is 59.2 Å². The zero-order chi connectivity index (χ0) is 13.5. The van der Waals surface area contributed by atoms with E-state index in [9.17, 15) is 4.79 Å². The van der Waals surface area contributed by atoms with Crippen LogP contribution in [0.15, 0.2) is 54.9 Å². The molecule has 1 aromatic heterocycles. The summed E-state index contributed by atoms with van der Waals surface area (Å²) in [4.78, 5) is 17.7. The second-order valence-electron chi connectivity index (χ2n) is 4.30. The average molecular weight is 255 g/mol. The van der Waals surface area contributed by atoms with Crippen LogP contribution in [0.3, 0.4) is 0 Å². The number of carbonyl (C=O) groups excluding carboxylic acids is 1. The van der Waals surface area contributed by atoms with Gasteiger partial charge in [0.1, 0.15) is 0 Å². The maximum atomic E-state index is 11.9. The molecule has 2 N–H and O–H groups in total. The normalized spacial score (nSPS) is 10.2. The number of nitrogens with zero attached hydrogens (tertiary/aromatic N) is 2. The minimum absolute atomic E-state index is 0.0209. The molecular weight excluding hydrogens is 238 g/mol. The van der Waals surface area contributed by atoms with Crippen molar-refractivity contribution >= 4 is 5.91 Å². The predicted octanol–water partition coefficient (Wildman–Crippen LogP) is 1.57. The van der Waals surface area contributed by atoms with Crippen molar-refractivity contribution in [2.75, 3.05) is 6.54 Å². The Morgan fingerprint density at radius 3 is 2.37 bits per heavy atom. The van der Waals surface area contributed by atoms with Crippen LogP contribution in [0, 0.1) is 0 Å². The largest absolute Gasteiger partial charge is 0.333 e. The first-order valence-corrected chi connectivity index (χ1v) is 6.20. The first-order valence-electron chi connectivity index (χ1n) is 6.20. The Morgan fingerprint density at radius 1 is 1.05 bits per heavy atom. The van der Waals surface area contributed by atoms with Crippen LogP contribution in [-0.4, -0.2) is 22.3 Å². The Kier molecular flexibility index (Phi) is 4.64. The molecule has 1 heterocycles. The molecule has 4 heteroatoms. The summed E-state index contributed by atoms with van der Waals surface area (Å²) in [6.07, 6.45) is 3.48. The van der Waals surface area contributed by atoms with E-state index in [2.05, 4.69) is 4.98 Å². The third kappa shape index (κ3) is 3.89. The van der Waals surface area contributed by atoms with Crippen LogP contribution in [0.25, 0.3) is 0 Å². The lowest BCUT2D eigenvalue weighted by molar-refractivity contribution is -0.130. The van der Waals surface area contributed by atoms with E-state index in [1.165, 1.54) is 0 Å². The Labute approximate surface area is 112 Å². The van der Waals surface area contributed by atoms with Crippen molar-refractivity contribution in [1.82, 2.24) is 9.88 Å². The molecule has 0 saturated heterocycles. The first kappa shape index (κ1) is 13.2. The van der Waals surface area contributed by atoms with Gasteiger partial charge in [0.05, 0.1) is 6.54 Å². The third-order valence-corrected chi connectivity index (χ3v) is 2.84. The van der Waals surface area contributed by atoms with Gasteiger partial charge in [0.15, 0.2) is 0 Å². The zero-order valence-electron chi connectivity index (χ0n) is 10.7. The van der Waals surface area contributed by atoms with Crippen LogP contribution in [0.1, 0.15) is 11.1 Å².